The fourth-order valence-electron chi connectivity index (χ4n) is 5.69. The van der Waals surface area contributed by atoms with Crippen molar-refractivity contribution in [3.8, 4) is 11.5 Å². The molecule has 2 aliphatic rings. The normalized spacial score (nSPS) is 24.5. The Labute approximate surface area is 212 Å². The molecule has 0 aliphatic heterocycles. The van der Waals surface area contributed by atoms with Gasteiger partial charge in [-0.1, -0.05) is 45.2 Å². The predicted octanol–water partition coefficient (Wildman–Crippen LogP) is 9.07. The summed E-state index contributed by atoms with van der Waals surface area (Å²) in [5.74, 6) is -2.71. The SMILES string of the molecule is CCCCOc1ccc(C2CCC(COc3ccc(C4CCC(C)CC4)c(F)c3F)CC2)c(F)c1F. The van der Waals surface area contributed by atoms with Gasteiger partial charge in [0, 0.05) is 0 Å². The molecule has 0 bridgehead atoms. The van der Waals surface area contributed by atoms with Gasteiger partial charge < -0.3 is 9.47 Å². The van der Waals surface area contributed by atoms with Crippen LogP contribution < -0.4 is 9.47 Å². The maximum atomic E-state index is 14.8. The van der Waals surface area contributed by atoms with Crippen molar-refractivity contribution in [3.05, 3.63) is 58.7 Å². The Balaban J connectivity index is 1.30. The molecular weight excluding hydrogens is 468 g/mol. The van der Waals surface area contributed by atoms with Crippen molar-refractivity contribution in [2.24, 2.45) is 11.8 Å². The number of rotatable bonds is 9. The van der Waals surface area contributed by atoms with Crippen LogP contribution in [0, 0.1) is 35.1 Å². The first kappa shape index (κ1) is 26.8. The Kier molecular flexibility index (Phi) is 9.19. The largest absolute Gasteiger partial charge is 0.490 e. The Morgan fingerprint density at radius 1 is 0.667 bits per heavy atom. The van der Waals surface area contributed by atoms with Crippen LogP contribution in [0.25, 0.3) is 0 Å². The molecule has 0 amide bonds. The summed E-state index contributed by atoms with van der Waals surface area (Å²) in [5.41, 5.74) is 0.846. The van der Waals surface area contributed by atoms with Crippen LogP contribution in [0.2, 0.25) is 0 Å². The average molecular weight is 507 g/mol. The van der Waals surface area contributed by atoms with Gasteiger partial charge in [0.15, 0.2) is 23.1 Å². The monoisotopic (exact) mass is 506 g/mol. The van der Waals surface area contributed by atoms with E-state index in [0.29, 0.717) is 36.5 Å². The first-order chi connectivity index (χ1) is 17.4. The van der Waals surface area contributed by atoms with Crippen molar-refractivity contribution in [2.45, 2.75) is 89.9 Å². The minimum absolute atomic E-state index is 0.0369. The summed E-state index contributed by atoms with van der Waals surface area (Å²) in [4.78, 5) is 0. The molecule has 2 nitrogen and oxygen atoms in total. The predicted molar refractivity (Wildman–Crippen MR) is 134 cm³/mol. The van der Waals surface area contributed by atoms with Crippen LogP contribution in [0.3, 0.4) is 0 Å². The lowest BCUT2D eigenvalue weighted by Crippen LogP contribution is -2.20. The molecule has 198 valence electrons. The number of hydrogen-bond donors (Lipinski definition) is 0. The third-order valence-corrected chi connectivity index (χ3v) is 8.13. The van der Waals surface area contributed by atoms with Gasteiger partial charge in [-0.05, 0) is 91.9 Å². The number of benzene rings is 2. The van der Waals surface area contributed by atoms with E-state index in [1.54, 1.807) is 18.2 Å². The number of halogens is 4. The second-order valence-electron chi connectivity index (χ2n) is 10.7. The molecule has 4 rings (SSSR count). The maximum Gasteiger partial charge on any atom is 0.200 e. The van der Waals surface area contributed by atoms with Crippen molar-refractivity contribution < 1.29 is 27.0 Å². The Bertz CT molecular complexity index is 1010. The standard InChI is InChI=1S/C30H38F4O2/c1-3-4-17-35-25-15-13-24(27(31)29(25)33)22-11-7-20(8-12-22)18-36-26-16-14-23(28(32)30(26)34)21-9-5-19(2)6-10-21/h13-16,19-22H,3-12,17-18H2,1-2H3. The molecule has 0 spiro atoms. The summed E-state index contributed by atoms with van der Waals surface area (Å²) >= 11 is 0. The molecule has 0 N–H and O–H groups in total. The van der Waals surface area contributed by atoms with E-state index in [4.69, 9.17) is 9.47 Å². The minimum atomic E-state index is -0.919. The van der Waals surface area contributed by atoms with Crippen LogP contribution in [-0.4, -0.2) is 13.2 Å². The van der Waals surface area contributed by atoms with E-state index in [2.05, 4.69) is 6.92 Å². The zero-order valence-electron chi connectivity index (χ0n) is 21.4. The molecule has 0 atom stereocenters. The van der Waals surface area contributed by atoms with E-state index in [-0.39, 0.29) is 35.9 Å². The quantitative estimate of drug-likeness (QED) is 0.249. The molecule has 6 heteroatoms. The summed E-state index contributed by atoms with van der Waals surface area (Å²) in [6.07, 6.45) is 8.45. The molecule has 0 unspecified atom stereocenters. The Hall–Kier alpha value is -2.24. The molecule has 2 fully saturated rings. The molecule has 36 heavy (non-hydrogen) atoms. The molecule has 2 aromatic rings. The third kappa shape index (κ3) is 6.18. The lowest BCUT2D eigenvalue weighted by molar-refractivity contribution is 0.191. The second-order valence-corrected chi connectivity index (χ2v) is 10.7. The highest BCUT2D eigenvalue weighted by Crippen LogP contribution is 2.40. The maximum absolute atomic E-state index is 14.8. The van der Waals surface area contributed by atoms with Crippen LogP contribution >= 0.6 is 0 Å². The van der Waals surface area contributed by atoms with Crippen LogP contribution in [0.4, 0.5) is 17.6 Å². The van der Waals surface area contributed by atoms with Crippen molar-refractivity contribution >= 4 is 0 Å². The second kappa shape index (κ2) is 12.3. The van der Waals surface area contributed by atoms with Gasteiger partial charge in [0.25, 0.3) is 0 Å². The fraction of sp³-hybridized carbons (Fsp3) is 0.600. The number of hydrogen-bond acceptors (Lipinski definition) is 2. The highest BCUT2D eigenvalue weighted by Gasteiger charge is 2.28. The van der Waals surface area contributed by atoms with Crippen LogP contribution in [0.15, 0.2) is 24.3 Å². The highest BCUT2D eigenvalue weighted by atomic mass is 19.2. The van der Waals surface area contributed by atoms with Gasteiger partial charge in [0.05, 0.1) is 13.2 Å². The zero-order chi connectivity index (χ0) is 25.7. The van der Waals surface area contributed by atoms with Crippen LogP contribution in [0.1, 0.15) is 101 Å². The summed E-state index contributed by atoms with van der Waals surface area (Å²) in [6.45, 7) is 4.86. The van der Waals surface area contributed by atoms with Gasteiger partial charge >= 0.3 is 0 Å². The molecular formula is C30H38F4O2. The lowest BCUT2D eigenvalue weighted by atomic mass is 9.78. The van der Waals surface area contributed by atoms with Gasteiger partial charge in [0.1, 0.15) is 0 Å². The summed E-state index contributed by atoms with van der Waals surface area (Å²) in [5, 5.41) is 0. The van der Waals surface area contributed by atoms with E-state index >= 15 is 0 Å². The number of ether oxygens (including phenoxy) is 2. The smallest absolute Gasteiger partial charge is 0.200 e. The molecule has 2 saturated carbocycles. The van der Waals surface area contributed by atoms with Gasteiger partial charge in [-0.2, -0.15) is 8.78 Å². The number of unbranched alkanes of at least 4 members (excludes halogenated alkanes) is 1. The summed E-state index contributed by atoms with van der Waals surface area (Å²) < 4.78 is 69.8. The van der Waals surface area contributed by atoms with Gasteiger partial charge in [-0.3, -0.25) is 0 Å². The van der Waals surface area contributed by atoms with E-state index in [1.165, 1.54) is 6.07 Å². The summed E-state index contributed by atoms with van der Waals surface area (Å²) in [7, 11) is 0. The van der Waals surface area contributed by atoms with Crippen molar-refractivity contribution in [2.75, 3.05) is 13.2 Å². The van der Waals surface area contributed by atoms with E-state index in [9.17, 15) is 17.6 Å². The first-order valence-corrected chi connectivity index (χ1v) is 13.6. The Morgan fingerprint density at radius 2 is 1.17 bits per heavy atom. The molecule has 0 saturated heterocycles. The lowest BCUT2D eigenvalue weighted by Gasteiger charge is -2.29. The van der Waals surface area contributed by atoms with Gasteiger partial charge in [0.2, 0.25) is 11.6 Å². The topological polar surface area (TPSA) is 18.5 Å². The summed E-state index contributed by atoms with van der Waals surface area (Å²) in [6, 6.07) is 6.39. The van der Waals surface area contributed by atoms with E-state index in [1.807, 2.05) is 6.92 Å². The Morgan fingerprint density at radius 3 is 1.69 bits per heavy atom. The molecule has 0 radical (unpaired) electrons. The average Bonchev–Trinajstić information content (AvgIpc) is 2.89. The van der Waals surface area contributed by atoms with Crippen molar-refractivity contribution in [3.63, 3.8) is 0 Å². The van der Waals surface area contributed by atoms with Gasteiger partial charge in [-0.15, -0.1) is 0 Å². The third-order valence-electron chi connectivity index (χ3n) is 8.13. The van der Waals surface area contributed by atoms with E-state index in [0.717, 1.165) is 51.4 Å². The van der Waals surface area contributed by atoms with Gasteiger partial charge in [-0.25, -0.2) is 8.78 Å². The highest BCUT2D eigenvalue weighted by molar-refractivity contribution is 5.34. The molecule has 0 heterocycles. The van der Waals surface area contributed by atoms with E-state index < -0.39 is 23.3 Å². The first-order valence-electron chi connectivity index (χ1n) is 13.6. The van der Waals surface area contributed by atoms with Crippen LogP contribution in [-0.2, 0) is 0 Å². The van der Waals surface area contributed by atoms with Crippen molar-refractivity contribution in [1.82, 2.24) is 0 Å². The zero-order valence-corrected chi connectivity index (χ0v) is 21.4. The fourth-order valence-corrected chi connectivity index (χ4v) is 5.69. The van der Waals surface area contributed by atoms with Crippen molar-refractivity contribution in [1.29, 1.82) is 0 Å². The minimum Gasteiger partial charge on any atom is -0.490 e. The molecule has 2 aliphatic carbocycles. The van der Waals surface area contributed by atoms with Crippen LogP contribution in [0.5, 0.6) is 11.5 Å². The molecule has 0 aromatic heterocycles. The molecule has 2 aromatic carbocycles.